The maximum Gasteiger partial charge on any atom is 0.167 e. The summed E-state index contributed by atoms with van der Waals surface area (Å²) >= 11 is 0. The maximum absolute atomic E-state index is 5.30. The molecule has 0 saturated heterocycles. The zero-order chi connectivity index (χ0) is 15.9. The van der Waals surface area contributed by atoms with Crippen LogP contribution < -0.4 is 4.74 Å². The van der Waals surface area contributed by atoms with Gasteiger partial charge in [0.15, 0.2) is 12.4 Å². The summed E-state index contributed by atoms with van der Waals surface area (Å²) < 4.78 is 10.5. The molecule has 0 aliphatic heterocycles. The molecule has 0 unspecified atom stereocenters. The third-order valence-corrected chi connectivity index (χ3v) is 3.23. The predicted molar refractivity (Wildman–Crippen MR) is 87.3 cm³/mol. The fourth-order valence-corrected chi connectivity index (χ4v) is 2.09. The van der Waals surface area contributed by atoms with Crippen LogP contribution >= 0.6 is 0 Å². The number of hydrogen-bond acceptors (Lipinski definition) is 5. The van der Waals surface area contributed by atoms with Crippen LogP contribution in [0.3, 0.4) is 0 Å². The molecule has 0 saturated carbocycles. The van der Waals surface area contributed by atoms with Crippen LogP contribution in [0.2, 0.25) is 0 Å². The molecule has 0 spiro atoms. The molecule has 5 nitrogen and oxygen atoms in total. The second-order valence-electron chi connectivity index (χ2n) is 4.80. The average molecular weight is 308 g/mol. The van der Waals surface area contributed by atoms with Gasteiger partial charge < -0.3 is 14.1 Å². The van der Waals surface area contributed by atoms with Crippen molar-refractivity contribution in [1.82, 2.24) is 5.16 Å². The SMILES string of the molecule is COc1ccccc1/C=N\OCc1cc(-c2ccccc2)on1. The van der Waals surface area contributed by atoms with E-state index >= 15 is 0 Å². The molecule has 3 aromatic rings. The van der Waals surface area contributed by atoms with E-state index in [1.165, 1.54) is 0 Å². The summed E-state index contributed by atoms with van der Waals surface area (Å²) in [4.78, 5) is 5.26. The first kappa shape index (κ1) is 14.8. The Bertz CT molecular complexity index is 782. The minimum absolute atomic E-state index is 0.238. The number of benzene rings is 2. The van der Waals surface area contributed by atoms with Crippen molar-refractivity contribution in [3.63, 3.8) is 0 Å². The third-order valence-electron chi connectivity index (χ3n) is 3.23. The van der Waals surface area contributed by atoms with Crippen LogP contribution in [0.5, 0.6) is 5.75 Å². The summed E-state index contributed by atoms with van der Waals surface area (Å²) in [5.74, 6) is 1.45. The number of nitrogens with zero attached hydrogens (tertiary/aromatic N) is 2. The van der Waals surface area contributed by atoms with Crippen LogP contribution in [0.1, 0.15) is 11.3 Å². The van der Waals surface area contributed by atoms with E-state index in [4.69, 9.17) is 14.1 Å². The van der Waals surface area contributed by atoms with Crippen molar-refractivity contribution in [2.24, 2.45) is 5.16 Å². The van der Waals surface area contributed by atoms with E-state index in [2.05, 4.69) is 10.3 Å². The minimum Gasteiger partial charge on any atom is -0.496 e. The van der Waals surface area contributed by atoms with Gasteiger partial charge in [-0.05, 0) is 12.1 Å². The van der Waals surface area contributed by atoms with Gasteiger partial charge in [-0.3, -0.25) is 0 Å². The Kier molecular flexibility index (Phi) is 4.69. The lowest BCUT2D eigenvalue weighted by molar-refractivity contribution is 0.126. The van der Waals surface area contributed by atoms with Crippen molar-refractivity contribution < 1.29 is 14.1 Å². The lowest BCUT2D eigenvalue weighted by Crippen LogP contribution is -1.91. The fourth-order valence-electron chi connectivity index (χ4n) is 2.09. The van der Waals surface area contributed by atoms with Gasteiger partial charge in [-0.25, -0.2) is 0 Å². The van der Waals surface area contributed by atoms with Crippen molar-refractivity contribution in [1.29, 1.82) is 0 Å². The molecule has 0 aliphatic carbocycles. The normalized spacial score (nSPS) is 10.8. The highest BCUT2D eigenvalue weighted by molar-refractivity contribution is 5.82. The van der Waals surface area contributed by atoms with Gasteiger partial charge in [0.05, 0.1) is 13.3 Å². The van der Waals surface area contributed by atoms with E-state index in [0.29, 0.717) is 11.5 Å². The molecule has 0 N–H and O–H groups in total. The quantitative estimate of drug-likeness (QED) is 0.512. The molecular formula is C18H16N2O3. The van der Waals surface area contributed by atoms with Crippen molar-refractivity contribution in [2.75, 3.05) is 7.11 Å². The Balaban J connectivity index is 1.59. The first-order valence-electron chi connectivity index (χ1n) is 7.16. The molecule has 3 rings (SSSR count). The first-order valence-corrected chi connectivity index (χ1v) is 7.16. The molecular weight excluding hydrogens is 292 g/mol. The highest BCUT2D eigenvalue weighted by Crippen LogP contribution is 2.20. The first-order chi connectivity index (χ1) is 11.4. The van der Waals surface area contributed by atoms with Crippen molar-refractivity contribution in [2.45, 2.75) is 6.61 Å². The Morgan fingerprint density at radius 3 is 2.70 bits per heavy atom. The van der Waals surface area contributed by atoms with E-state index in [9.17, 15) is 0 Å². The molecule has 0 fully saturated rings. The number of para-hydroxylation sites is 1. The van der Waals surface area contributed by atoms with Gasteiger partial charge in [-0.1, -0.05) is 52.8 Å². The zero-order valence-corrected chi connectivity index (χ0v) is 12.7. The number of methoxy groups -OCH3 is 1. The van der Waals surface area contributed by atoms with Crippen LogP contribution in [-0.2, 0) is 11.4 Å². The van der Waals surface area contributed by atoms with Gasteiger partial charge >= 0.3 is 0 Å². The zero-order valence-electron chi connectivity index (χ0n) is 12.7. The third kappa shape index (κ3) is 3.77. The highest BCUT2D eigenvalue weighted by atomic mass is 16.6. The smallest absolute Gasteiger partial charge is 0.167 e. The Morgan fingerprint density at radius 1 is 1.09 bits per heavy atom. The van der Waals surface area contributed by atoms with E-state index in [1.807, 2.05) is 60.7 Å². The van der Waals surface area contributed by atoms with Crippen molar-refractivity contribution in [3.05, 3.63) is 71.9 Å². The number of hydrogen-bond donors (Lipinski definition) is 0. The van der Waals surface area contributed by atoms with E-state index in [0.717, 1.165) is 16.9 Å². The van der Waals surface area contributed by atoms with Gasteiger partial charge in [-0.2, -0.15) is 0 Å². The van der Waals surface area contributed by atoms with Crippen molar-refractivity contribution in [3.8, 4) is 17.1 Å². The molecule has 0 bridgehead atoms. The van der Waals surface area contributed by atoms with Crippen LogP contribution in [0, 0.1) is 0 Å². The fraction of sp³-hybridized carbons (Fsp3) is 0.111. The minimum atomic E-state index is 0.238. The van der Waals surface area contributed by atoms with Crippen LogP contribution in [0.15, 0.2) is 70.3 Å². The van der Waals surface area contributed by atoms with E-state index in [-0.39, 0.29) is 6.61 Å². The van der Waals surface area contributed by atoms with E-state index < -0.39 is 0 Å². The number of oxime groups is 1. The lowest BCUT2D eigenvalue weighted by Gasteiger charge is -2.02. The number of aromatic nitrogens is 1. The maximum atomic E-state index is 5.30. The molecule has 1 heterocycles. The second kappa shape index (κ2) is 7.26. The van der Waals surface area contributed by atoms with Gasteiger partial charge in [0.1, 0.15) is 11.4 Å². The number of ether oxygens (including phenoxy) is 1. The topological polar surface area (TPSA) is 56.9 Å². The van der Waals surface area contributed by atoms with Gasteiger partial charge in [0.25, 0.3) is 0 Å². The lowest BCUT2D eigenvalue weighted by atomic mass is 10.2. The van der Waals surface area contributed by atoms with Gasteiger partial charge in [0, 0.05) is 17.2 Å². The van der Waals surface area contributed by atoms with Crippen LogP contribution in [-0.4, -0.2) is 18.5 Å². The molecule has 116 valence electrons. The largest absolute Gasteiger partial charge is 0.496 e. The molecule has 0 aliphatic rings. The Labute approximate surface area is 134 Å². The molecule has 0 amide bonds. The summed E-state index contributed by atoms with van der Waals surface area (Å²) in [5, 5.41) is 7.91. The summed E-state index contributed by atoms with van der Waals surface area (Å²) in [5.41, 5.74) is 2.50. The molecule has 1 aromatic heterocycles. The van der Waals surface area contributed by atoms with Gasteiger partial charge in [0.2, 0.25) is 0 Å². The standard InChI is InChI=1S/C18H16N2O3/c1-21-17-10-6-5-9-15(17)12-19-22-13-16-11-18(23-20-16)14-7-3-2-4-8-14/h2-12H,13H2,1H3/b19-12-. The predicted octanol–water partition coefficient (Wildman–Crippen LogP) is 3.90. The summed E-state index contributed by atoms with van der Waals surface area (Å²) in [6.45, 7) is 0.238. The summed E-state index contributed by atoms with van der Waals surface area (Å²) in [6, 6.07) is 19.2. The summed E-state index contributed by atoms with van der Waals surface area (Å²) in [6.07, 6.45) is 1.61. The van der Waals surface area contributed by atoms with Crippen molar-refractivity contribution >= 4 is 6.21 Å². The molecule has 2 aromatic carbocycles. The highest BCUT2D eigenvalue weighted by Gasteiger charge is 2.06. The Hall–Kier alpha value is -3.08. The second-order valence-corrected chi connectivity index (χ2v) is 4.80. The number of rotatable bonds is 6. The summed E-state index contributed by atoms with van der Waals surface area (Å²) in [7, 11) is 1.62. The van der Waals surface area contributed by atoms with Crippen LogP contribution in [0.4, 0.5) is 0 Å². The molecule has 0 atom stereocenters. The Morgan fingerprint density at radius 2 is 1.87 bits per heavy atom. The monoisotopic (exact) mass is 308 g/mol. The molecule has 23 heavy (non-hydrogen) atoms. The van der Waals surface area contributed by atoms with Crippen LogP contribution in [0.25, 0.3) is 11.3 Å². The average Bonchev–Trinajstić information content (AvgIpc) is 3.09. The molecule has 5 heteroatoms. The van der Waals surface area contributed by atoms with Gasteiger partial charge in [-0.15, -0.1) is 0 Å². The molecule has 0 radical (unpaired) electrons. The van der Waals surface area contributed by atoms with E-state index in [1.54, 1.807) is 13.3 Å².